The number of anilines is 1. The van der Waals surface area contributed by atoms with E-state index in [4.69, 9.17) is 32.7 Å². The van der Waals surface area contributed by atoms with Crippen molar-refractivity contribution in [2.75, 3.05) is 32.2 Å². The van der Waals surface area contributed by atoms with Gasteiger partial charge in [0.2, 0.25) is 5.91 Å². The lowest BCUT2D eigenvalue weighted by molar-refractivity contribution is -0.124. The van der Waals surface area contributed by atoms with Crippen LogP contribution in [-0.2, 0) is 4.79 Å². The van der Waals surface area contributed by atoms with E-state index in [0.717, 1.165) is 0 Å². The van der Waals surface area contributed by atoms with E-state index >= 15 is 0 Å². The molecular weight excluding hydrogens is 403 g/mol. The molecule has 8 heteroatoms. The zero-order valence-corrected chi connectivity index (χ0v) is 17.3. The van der Waals surface area contributed by atoms with Gasteiger partial charge in [-0.2, -0.15) is 0 Å². The molecule has 0 aromatic heterocycles. The number of nitrogens with zero attached hydrogens (tertiary/aromatic N) is 2. The molecule has 1 aliphatic rings. The molecule has 1 aliphatic heterocycles. The van der Waals surface area contributed by atoms with Crippen LogP contribution in [0.1, 0.15) is 17.3 Å². The molecule has 3 rings (SSSR count). The van der Waals surface area contributed by atoms with Crippen LogP contribution in [0.3, 0.4) is 0 Å². The first-order valence-electron chi connectivity index (χ1n) is 8.66. The largest absolute Gasteiger partial charge is 0.497 e. The first kappa shape index (κ1) is 20.3. The fourth-order valence-corrected chi connectivity index (χ4v) is 3.70. The van der Waals surface area contributed by atoms with Gasteiger partial charge in [0.05, 0.1) is 30.5 Å². The van der Waals surface area contributed by atoms with Gasteiger partial charge in [0.1, 0.15) is 17.5 Å². The van der Waals surface area contributed by atoms with Crippen LogP contribution in [0.2, 0.25) is 10.0 Å². The number of carbonyl (C=O) groups excluding carboxylic acids is 2. The van der Waals surface area contributed by atoms with Gasteiger partial charge in [-0.05, 0) is 37.3 Å². The number of ether oxygens (including phenoxy) is 2. The van der Waals surface area contributed by atoms with Crippen molar-refractivity contribution in [2.24, 2.45) is 0 Å². The summed E-state index contributed by atoms with van der Waals surface area (Å²) < 4.78 is 10.7. The molecule has 0 aliphatic carbocycles. The minimum absolute atomic E-state index is 0.212. The van der Waals surface area contributed by atoms with E-state index in [0.29, 0.717) is 40.9 Å². The number of halogens is 2. The maximum Gasteiger partial charge on any atom is 0.256 e. The van der Waals surface area contributed by atoms with Crippen molar-refractivity contribution in [1.29, 1.82) is 0 Å². The molecular formula is C20H20Cl2N2O4. The lowest BCUT2D eigenvalue weighted by Gasteiger charge is -2.39. The van der Waals surface area contributed by atoms with E-state index < -0.39 is 6.04 Å². The normalized spacial score (nSPS) is 16.9. The standard InChI is InChI=1S/C20H20Cl2N2O4/c1-12-19(25)24(17-11-14(27-2)5-7-18(17)28-3)9-8-23(12)20(26)15-6-4-13(21)10-16(15)22/h4-7,10-12H,8-9H2,1-3H3. The fraction of sp³-hybridized carbons (Fsp3) is 0.300. The summed E-state index contributed by atoms with van der Waals surface area (Å²) in [6.45, 7) is 2.37. The molecule has 0 saturated carbocycles. The predicted octanol–water partition coefficient (Wildman–Crippen LogP) is 3.89. The maximum absolute atomic E-state index is 13.1. The molecule has 0 bridgehead atoms. The number of benzene rings is 2. The quantitative estimate of drug-likeness (QED) is 0.749. The third kappa shape index (κ3) is 3.75. The summed E-state index contributed by atoms with van der Waals surface area (Å²) in [7, 11) is 3.10. The van der Waals surface area contributed by atoms with E-state index in [1.54, 1.807) is 56.4 Å². The van der Waals surface area contributed by atoms with Crippen molar-refractivity contribution >= 4 is 40.7 Å². The van der Waals surface area contributed by atoms with Crippen LogP contribution in [0, 0.1) is 0 Å². The minimum Gasteiger partial charge on any atom is -0.497 e. The topological polar surface area (TPSA) is 59.1 Å². The third-order valence-electron chi connectivity index (χ3n) is 4.75. The van der Waals surface area contributed by atoms with Gasteiger partial charge in [0.25, 0.3) is 5.91 Å². The lowest BCUT2D eigenvalue weighted by atomic mass is 10.1. The average Bonchev–Trinajstić information content (AvgIpc) is 2.69. The fourth-order valence-electron chi connectivity index (χ4n) is 3.21. The van der Waals surface area contributed by atoms with E-state index in [9.17, 15) is 9.59 Å². The zero-order chi connectivity index (χ0) is 20.4. The summed E-state index contributed by atoms with van der Waals surface area (Å²) >= 11 is 12.1. The van der Waals surface area contributed by atoms with Gasteiger partial charge in [-0.3, -0.25) is 9.59 Å². The van der Waals surface area contributed by atoms with Crippen molar-refractivity contribution < 1.29 is 19.1 Å². The second-order valence-corrected chi connectivity index (χ2v) is 7.17. The molecule has 0 radical (unpaired) electrons. The van der Waals surface area contributed by atoms with E-state index in [2.05, 4.69) is 0 Å². The average molecular weight is 423 g/mol. The molecule has 2 aromatic rings. The Morgan fingerprint density at radius 2 is 1.82 bits per heavy atom. The SMILES string of the molecule is COc1ccc(OC)c(N2CCN(C(=O)c3ccc(Cl)cc3Cl)C(C)C2=O)c1. The molecule has 6 nitrogen and oxygen atoms in total. The number of methoxy groups -OCH3 is 2. The Bertz CT molecular complexity index is 919. The van der Waals surface area contributed by atoms with Gasteiger partial charge in [-0.25, -0.2) is 0 Å². The molecule has 1 atom stereocenters. The molecule has 2 aromatic carbocycles. The number of hydrogen-bond acceptors (Lipinski definition) is 4. The molecule has 28 heavy (non-hydrogen) atoms. The summed E-state index contributed by atoms with van der Waals surface area (Å²) in [5, 5.41) is 0.703. The highest BCUT2D eigenvalue weighted by molar-refractivity contribution is 6.36. The molecule has 1 heterocycles. The van der Waals surface area contributed by atoms with Crippen molar-refractivity contribution in [3.05, 3.63) is 52.0 Å². The van der Waals surface area contributed by atoms with Crippen LogP contribution in [0.5, 0.6) is 11.5 Å². The smallest absolute Gasteiger partial charge is 0.256 e. The van der Waals surface area contributed by atoms with E-state index in [-0.39, 0.29) is 16.8 Å². The summed E-state index contributed by atoms with van der Waals surface area (Å²) in [5.74, 6) is 0.653. The van der Waals surface area contributed by atoms with Crippen molar-refractivity contribution in [3.8, 4) is 11.5 Å². The van der Waals surface area contributed by atoms with Gasteiger partial charge in [-0.15, -0.1) is 0 Å². The second-order valence-electron chi connectivity index (χ2n) is 6.33. The monoisotopic (exact) mass is 422 g/mol. The molecule has 1 fully saturated rings. The van der Waals surface area contributed by atoms with Crippen LogP contribution >= 0.6 is 23.2 Å². The van der Waals surface area contributed by atoms with Crippen LogP contribution in [0.4, 0.5) is 5.69 Å². The Balaban J connectivity index is 1.87. The van der Waals surface area contributed by atoms with Gasteiger partial charge in [0, 0.05) is 24.2 Å². The zero-order valence-electron chi connectivity index (χ0n) is 15.7. The van der Waals surface area contributed by atoms with Gasteiger partial charge >= 0.3 is 0 Å². The van der Waals surface area contributed by atoms with Crippen molar-refractivity contribution in [2.45, 2.75) is 13.0 Å². The summed E-state index contributed by atoms with van der Waals surface area (Å²) in [6, 6.07) is 9.28. The highest BCUT2D eigenvalue weighted by Crippen LogP contribution is 2.34. The van der Waals surface area contributed by atoms with E-state index in [1.807, 2.05) is 0 Å². The van der Waals surface area contributed by atoms with Gasteiger partial charge < -0.3 is 19.3 Å². The summed E-state index contributed by atoms with van der Waals surface area (Å²) in [4.78, 5) is 29.1. The first-order valence-corrected chi connectivity index (χ1v) is 9.42. The number of rotatable bonds is 4. The Kier molecular flexibility index (Phi) is 6.01. The minimum atomic E-state index is -0.663. The van der Waals surface area contributed by atoms with Gasteiger partial charge in [-0.1, -0.05) is 23.2 Å². The van der Waals surface area contributed by atoms with E-state index in [1.165, 1.54) is 11.0 Å². The predicted molar refractivity (Wildman–Crippen MR) is 109 cm³/mol. The second kappa shape index (κ2) is 8.29. The Labute approximate surface area is 173 Å². The van der Waals surface area contributed by atoms with Crippen LogP contribution in [0.15, 0.2) is 36.4 Å². The molecule has 1 saturated heterocycles. The first-order chi connectivity index (χ1) is 13.4. The lowest BCUT2D eigenvalue weighted by Crippen LogP contribution is -2.57. The number of carbonyl (C=O) groups is 2. The Morgan fingerprint density at radius 1 is 1.07 bits per heavy atom. The highest BCUT2D eigenvalue weighted by atomic mass is 35.5. The van der Waals surface area contributed by atoms with Crippen LogP contribution in [-0.4, -0.2) is 50.1 Å². The molecule has 2 amide bonds. The Morgan fingerprint density at radius 3 is 2.46 bits per heavy atom. The highest BCUT2D eigenvalue weighted by Gasteiger charge is 2.37. The van der Waals surface area contributed by atoms with Gasteiger partial charge in [0.15, 0.2) is 0 Å². The molecule has 1 unspecified atom stereocenters. The Hall–Kier alpha value is -2.44. The number of amides is 2. The van der Waals surface area contributed by atoms with Crippen LogP contribution < -0.4 is 14.4 Å². The number of hydrogen-bond donors (Lipinski definition) is 0. The number of piperazine rings is 1. The van der Waals surface area contributed by atoms with Crippen molar-refractivity contribution in [1.82, 2.24) is 4.90 Å². The molecule has 0 N–H and O–H groups in total. The third-order valence-corrected chi connectivity index (χ3v) is 5.30. The molecule has 148 valence electrons. The summed E-state index contributed by atoms with van der Waals surface area (Å²) in [5.41, 5.74) is 0.924. The summed E-state index contributed by atoms with van der Waals surface area (Å²) in [6.07, 6.45) is 0. The molecule has 0 spiro atoms. The van der Waals surface area contributed by atoms with Crippen molar-refractivity contribution in [3.63, 3.8) is 0 Å². The van der Waals surface area contributed by atoms with Crippen LogP contribution in [0.25, 0.3) is 0 Å². The maximum atomic E-state index is 13.1.